The van der Waals surface area contributed by atoms with Crippen molar-refractivity contribution < 1.29 is 14.3 Å². The minimum absolute atomic E-state index is 0.0425. The fourth-order valence-electron chi connectivity index (χ4n) is 3.27. The third-order valence-electron chi connectivity index (χ3n) is 4.78. The van der Waals surface area contributed by atoms with Crippen molar-refractivity contribution in [1.29, 1.82) is 0 Å². The SMILES string of the molecule is COc1ccc(-c2c[nH]cc2C(=O)c2c[nH]cc2-c2ccc(OC)cc2)cc1. The second-order valence-corrected chi connectivity index (χ2v) is 6.35. The standard InChI is InChI=1S/C23H20N2O3/c1-27-17-7-3-15(4-8-17)19-11-24-13-21(19)23(26)22-14-25-12-20(22)16-5-9-18(28-2)10-6-16/h3-14,24-25H,1-2H3. The molecule has 0 aliphatic heterocycles. The number of methoxy groups -OCH3 is 2. The maximum absolute atomic E-state index is 13.3. The van der Waals surface area contributed by atoms with Gasteiger partial charge in [0, 0.05) is 47.0 Å². The zero-order chi connectivity index (χ0) is 19.5. The molecule has 2 heterocycles. The van der Waals surface area contributed by atoms with Crippen molar-refractivity contribution in [3.8, 4) is 33.8 Å². The maximum Gasteiger partial charge on any atom is 0.197 e. The van der Waals surface area contributed by atoms with Crippen LogP contribution in [0.2, 0.25) is 0 Å². The maximum atomic E-state index is 13.3. The van der Waals surface area contributed by atoms with Gasteiger partial charge in [-0.1, -0.05) is 24.3 Å². The van der Waals surface area contributed by atoms with Gasteiger partial charge in [0.05, 0.1) is 14.2 Å². The third kappa shape index (κ3) is 3.18. The molecular weight excluding hydrogens is 352 g/mol. The minimum Gasteiger partial charge on any atom is -0.497 e. The first-order valence-corrected chi connectivity index (χ1v) is 8.88. The van der Waals surface area contributed by atoms with E-state index in [9.17, 15) is 4.79 Å². The molecule has 0 saturated heterocycles. The number of hydrogen-bond donors (Lipinski definition) is 2. The first-order chi connectivity index (χ1) is 13.7. The number of benzene rings is 2. The molecule has 5 nitrogen and oxygen atoms in total. The van der Waals surface area contributed by atoms with E-state index in [4.69, 9.17) is 9.47 Å². The van der Waals surface area contributed by atoms with E-state index in [-0.39, 0.29) is 5.78 Å². The molecule has 2 aromatic carbocycles. The molecule has 0 aliphatic rings. The Kier molecular flexibility index (Phi) is 4.72. The molecule has 2 N–H and O–H groups in total. The van der Waals surface area contributed by atoms with Crippen LogP contribution in [0.5, 0.6) is 11.5 Å². The molecule has 0 unspecified atom stereocenters. The van der Waals surface area contributed by atoms with Crippen LogP contribution in [0.3, 0.4) is 0 Å². The van der Waals surface area contributed by atoms with E-state index < -0.39 is 0 Å². The van der Waals surface area contributed by atoms with E-state index in [0.717, 1.165) is 33.8 Å². The van der Waals surface area contributed by atoms with Crippen LogP contribution in [0.15, 0.2) is 73.3 Å². The number of carbonyl (C=O) groups excluding carboxylic acids is 1. The highest BCUT2D eigenvalue weighted by Gasteiger charge is 2.20. The zero-order valence-electron chi connectivity index (χ0n) is 15.7. The molecule has 0 aliphatic carbocycles. The molecule has 0 amide bonds. The lowest BCUT2D eigenvalue weighted by Crippen LogP contribution is -2.02. The van der Waals surface area contributed by atoms with Gasteiger partial charge in [-0.15, -0.1) is 0 Å². The molecule has 4 aromatic rings. The Bertz CT molecular complexity index is 1000. The number of ketones is 1. The fraction of sp³-hybridized carbons (Fsp3) is 0.0870. The Morgan fingerprint density at radius 1 is 0.643 bits per heavy atom. The van der Waals surface area contributed by atoms with Crippen molar-refractivity contribution >= 4 is 5.78 Å². The number of ether oxygens (including phenoxy) is 2. The van der Waals surface area contributed by atoms with Crippen LogP contribution in [0, 0.1) is 0 Å². The molecular formula is C23H20N2O3. The minimum atomic E-state index is -0.0425. The highest BCUT2D eigenvalue weighted by molar-refractivity contribution is 6.16. The number of carbonyl (C=O) groups is 1. The van der Waals surface area contributed by atoms with E-state index in [1.54, 1.807) is 26.6 Å². The lowest BCUT2D eigenvalue weighted by molar-refractivity contribution is 0.104. The molecule has 0 spiro atoms. The molecule has 2 aromatic heterocycles. The number of rotatable bonds is 6. The molecule has 0 radical (unpaired) electrons. The van der Waals surface area contributed by atoms with E-state index in [1.165, 1.54) is 0 Å². The largest absolute Gasteiger partial charge is 0.497 e. The van der Waals surface area contributed by atoms with Crippen LogP contribution >= 0.6 is 0 Å². The summed E-state index contributed by atoms with van der Waals surface area (Å²) in [5, 5.41) is 0. The summed E-state index contributed by atoms with van der Waals surface area (Å²) in [5.41, 5.74) is 4.86. The van der Waals surface area contributed by atoms with Gasteiger partial charge in [-0.25, -0.2) is 0 Å². The summed E-state index contributed by atoms with van der Waals surface area (Å²) in [6.07, 6.45) is 7.17. The number of aromatic amines is 2. The van der Waals surface area contributed by atoms with Crippen molar-refractivity contribution in [3.05, 3.63) is 84.4 Å². The lowest BCUT2D eigenvalue weighted by Gasteiger charge is -2.07. The third-order valence-corrected chi connectivity index (χ3v) is 4.78. The van der Waals surface area contributed by atoms with Crippen LogP contribution in [0.1, 0.15) is 15.9 Å². The van der Waals surface area contributed by atoms with Crippen molar-refractivity contribution in [2.24, 2.45) is 0 Å². The van der Waals surface area contributed by atoms with Crippen LogP contribution in [-0.4, -0.2) is 30.0 Å². The van der Waals surface area contributed by atoms with Crippen LogP contribution in [-0.2, 0) is 0 Å². The quantitative estimate of drug-likeness (QED) is 0.472. The fourth-order valence-corrected chi connectivity index (χ4v) is 3.27. The number of nitrogens with one attached hydrogen (secondary N) is 2. The van der Waals surface area contributed by atoms with Crippen molar-refractivity contribution in [1.82, 2.24) is 9.97 Å². The predicted molar refractivity (Wildman–Crippen MR) is 109 cm³/mol. The summed E-state index contributed by atoms with van der Waals surface area (Å²) in [4.78, 5) is 19.4. The van der Waals surface area contributed by atoms with Gasteiger partial charge in [0.2, 0.25) is 0 Å². The number of hydrogen-bond acceptors (Lipinski definition) is 3. The van der Waals surface area contributed by atoms with Gasteiger partial charge in [-0.3, -0.25) is 4.79 Å². The zero-order valence-corrected chi connectivity index (χ0v) is 15.7. The summed E-state index contributed by atoms with van der Waals surface area (Å²) in [5.74, 6) is 1.51. The number of aromatic nitrogens is 2. The van der Waals surface area contributed by atoms with E-state index in [0.29, 0.717) is 11.1 Å². The molecule has 28 heavy (non-hydrogen) atoms. The van der Waals surface area contributed by atoms with Gasteiger partial charge < -0.3 is 19.4 Å². The van der Waals surface area contributed by atoms with E-state index >= 15 is 0 Å². The molecule has 140 valence electrons. The van der Waals surface area contributed by atoms with E-state index in [2.05, 4.69) is 9.97 Å². The summed E-state index contributed by atoms with van der Waals surface area (Å²) in [7, 11) is 3.26. The average Bonchev–Trinajstić information content (AvgIpc) is 3.43. The van der Waals surface area contributed by atoms with Gasteiger partial charge in [0.15, 0.2) is 5.78 Å². The Morgan fingerprint density at radius 2 is 1.04 bits per heavy atom. The average molecular weight is 372 g/mol. The molecule has 0 fully saturated rings. The monoisotopic (exact) mass is 372 g/mol. The highest BCUT2D eigenvalue weighted by Crippen LogP contribution is 2.31. The predicted octanol–water partition coefficient (Wildman–Crippen LogP) is 4.93. The first-order valence-electron chi connectivity index (χ1n) is 8.88. The summed E-state index contributed by atoms with van der Waals surface area (Å²) >= 11 is 0. The second-order valence-electron chi connectivity index (χ2n) is 6.35. The van der Waals surface area contributed by atoms with Crippen molar-refractivity contribution in [3.63, 3.8) is 0 Å². The normalized spacial score (nSPS) is 10.6. The Hall–Kier alpha value is -3.73. The van der Waals surface area contributed by atoms with Crippen LogP contribution in [0.4, 0.5) is 0 Å². The van der Waals surface area contributed by atoms with Gasteiger partial charge in [0.25, 0.3) is 0 Å². The Balaban J connectivity index is 1.70. The van der Waals surface area contributed by atoms with Crippen molar-refractivity contribution in [2.75, 3.05) is 14.2 Å². The number of H-pyrrole nitrogens is 2. The van der Waals surface area contributed by atoms with Gasteiger partial charge in [0.1, 0.15) is 11.5 Å². The molecule has 5 heteroatoms. The molecule has 0 bridgehead atoms. The Morgan fingerprint density at radius 3 is 1.39 bits per heavy atom. The molecule has 4 rings (SSSR count). The molecule has 0 atom stereocenters. The van der Waals surface area contributed by atoms with Crippen molar-refractivity contribution in [2.45, 2.75) is 0 Å². The molecule has 0 saturated carbocycles. The summed E-state index contributed by atoms with van der Waals surface area (Å²) in [6.45, 7) is 0. The van der Waals surface area contributed by atoms with Gasteiger partial charge in [-0.05, 0) is 35.4 Å². The first kappa shape index (κ1) is 17.7. The smallest absolute Gasteiger partial charge is 0.197 e. The van der Waals surface area contributed by atoms with Gasteiger partial charge in [-0.2, -0.15) is 0 Å². The van der Waals surface area contributed by atoms with E-state index in [1.807, 2.05) is 60.9 Å². The van der Waals surface area contributed by atoms with Crippen LogP contribution < -0.4 is 9.47 Å². The summed E-state index contributed by atoms with van der Waals surface area (Å²) < 4.78 is 10.4. The summed E-state index contributed by atoms with van der Waals surface area (Å²) in [6, 6.07) is 15.3. The Labute approximate surface area is 163 Å². The van der Waals surface area contributed by atoms with Crippen LogP contribution in [0.25, 0.3) is 22.3 Å². The van der Waals surface area contributed by atoms with Gasteiger partial charge >= 0.3 is 0 Å². The highest BCUT2D eigenvalue weighted by atomic mass is 16.5. The lowest BCUT2D eigenvalue weighted by atomic mass is 9.95. The second kappa shape index (κ2) is 7.48. The topological polar surface area (TPSA) is 67.1 Å².